The van der Waals surface area contributed by atoms with Crippen LogP contribution in [0, 0.1) is 0 Å². The quantitative estimate of drug-likeness (QED) is 0.396. The van der Waals surface area contributed by atoms with E-state index in [4.69, 9.17) is 0 Å². The molecule has 0 rings (SSSR count). The highest BCUT2D eigenvalue weighted by molar-refractivity contribution is 7.98. The Kier molecular flexibility index (Phi) is 3.89. The average molecular weight is 119 g/mol. The van der Waals surface area contributed by atoms with Gasteiger partial charge in [0, 0.05) is 7.05 Å². The molecule has 0 aliphatic heterocycles. The Hall–Kier alpha value is -0.180. The van der Waals surface area contributed by atoms with Gasteiger partial charge in [-0.2, -0.15) is 0 Å². The second kappa shape index (κ2) is 3.99. The lowest BCUT2D eigenvalue weighted by Crippen LogP contribution is -2.13. The number of rotatable bonds is 3. The maximum atomic E-state index is 9.81. The summed E-state index contributed by atoms with van der Waals surface area (Å²) < 4.78 is 0. The van der Waals surface area contributed by atoms with E-state index >= 15 is 0 Å². The van der Waals surface area contributed by atoms with Crippen molar-refractivity contribution in [1.29, 1.82) is 0 Å². The molecule has 3 heteroatoms. The van der Waals surface area contributed by atoms with E-state index in [0.717, 1.165) is 12.3 Å². The molecular weight excluding hydrogens is 110 g/mol. The molecule has 0 saturated carbocycles. The number of hydrogen-bond donors (Lipinski definition) is 0. The van der Waals surface area contributed by atoms with E-state index in [-0.39, 0.29) is 0 Å². The first-order chi connectivity index (χ1) is 3.31. The van der Waals surface area contributed by atoms with Gasteiger partial charge in [-0.1, -0.05) is 0 Å². The Morgan fingerprint density at radius 1 is 1.86 bits per heavy atom. The van der Waals surface area contributed by atoms with Crippen LogP contribution in [0.2, 0.25) is 0 Å². The summed E-state index contributed by atoms with van der Waals surface area (Å²) in [4.78, 5) is 11.4. The molecule has 0 heterocycles. The Labute approximate surface area is 47.9 Å². The molecule has 0 N–H and O–H groups in total. The van der Waals surface area contributed by atoms with Crippen molar-refractivity contribution < 1.29 is 4.79 Å². The summed E-state index contributed by atoms with van der Waals surface area (Å²) in [6.45, 7) is 0. The molecule has 7 heavy (non-hydrogen) atoms. The number of hydrogen-bond acceptors (Lipinski definition) is 2. The van der Waals surface area contributed by atoms with Gasteiger partial charge in [0.15, 0.2) is 0 Å². The topological polar surface area (TPSA) is 20.3 Å². The molecule has 0 unspecified atom stereocenters. The van der Waals surface area contributed by atoms with E-state index < -0.39 is 0 Å². The van der Waals surface area contributed by atoms with Crippen molar-refractivity contribution in [3.05, 3.63) is 0 Å². The predicted molar refractivity (Wildman–Crippen MR) is 32.2 cm³/mol. The number of amides is 1. The second-order valence-electron chi connectivity index (χ2n) is 1.28. The summed E-state index contributed by atoms with van der Waals surface area (Å²) >= 11 is 1.63. The minimum absolute atomic E-state index is 0.781. The Morgan fingerprint density at radius 3 is 2.57 bits per heavy atom. The Balaban J connectivity index is 2.98. The van der Waals surface area contributed by atoms with Gasteiger partial charge in [0.25, 0.3) is 0 Å². The van der Waals surface area contributed by atoms with Crippen LogP contribution in [0.25, 0.3) is 0 Å². The van der Waals surface area contributed by atoms with E-state index in [1.54, 1.807) is 23.7 Å². The summed E-state index contributed by atoms with van der Waals surface area (Å²) in [5.74, 6) is 0.781. The van der Waals surface area contributed by atoms with E-state index in [2.05, 4.69) is 0 Å². The molecule has 0 aromatic rings. The second-order valence-corrected chi connectivity index (χ2v) is 2.12. The Bertz CT molecular complexity index is 57.7. The predicted octanol–water partition coefficient (Wildman–Crippen LogP) is 0.395. The highest BCUT2D eigenvalue weighted by atomic mass is 32.2. The van der Waals surface area contributed by atoms with E-state index in [0.29, 0.717) is 0 Å². The maximum Gasteiger partial charge on any atom is 0.210 e. The van der Waals surface area contributed by atoms with Crippen molar-refractivity contribution in [2.24, 2.45) is 0 Å². The zero-order chi connectivity index (χ0) is 5.70. The van der Waals surface area contributed by atoms with Crippen LogP contribution in [0.15, 0.2) is 0 Å². The van der Waals surface area contributed by atoms with Crippen LogP contribution in [0.5, 0.6) is 0 Å². The van der Waals surface area contributed by atoms with Crippen molar-refractivity contribution >= 4 is 18.2 Å². The molecule has 0 fully saturated rings. The van der Waals surface area contributed by atoms with E-state index in [9.17, 15) is 4.79 Å². The van der Waals surface area contributed by atoms with Gasteiger partial charge in [-0.3, -0.25) is 4.79 Å². The third-order valence-corrected chi connectivity index (χ3v) is 1.18. The van der Waals surface area contributed by atoms with Gasteiger partial charge in [0.05, 0.1) is 5.88 Å². The highest BCUT2D eigenvalue weighted by Crippen LogP contribution is 1.90. The maximum absolute atomic E-state index is 9.81. The zero-order valence-corrected chi connectivity index (χ0v) is 5.36. The lowest BCUT2D eigenvalue weighted by molar-refractivity contribution is -0.116. The number of thioether (sulfide) groups is 1. The molecule has 0 aliphatic carbocycles. The number of carbonyl (C=O) groups is 1. The normalized spacial score (nSPS) is 8.29. The molecule has 0 spiro atoms. The van der Waals surface area contributed by atoms with Gasteiger partial charge in [-0.05, 0) is 6.26 Å². The van der Waals surface area contributed by atoms with Crippen LogP contribution >= 0.6 is 11.8 Å². The summed E-state index contributed by atoms with van der Waals surface area (Å²) in [6, 6.07) is 0. The standard InChI is InChI=1S/C4H9NOS/c1-5(3-6)4-7-2/h3H,4H2,1-2H3. The molecule has 0 atom stereocenters. The first kappa shape index (κ1) is 6.82. The largest absolute Gasteiger partial charge is 0.339 e. The lowest BCUT2D eigenvalue weighted by Gasteiger charge is -2.04. The monoisotopic (exact) mass is 119 g/mol. The van der Waals surface area contributed by atoms with Gasteiger partial charge in [0.1, 0.15) is 0 Å². The van der Waals surface area contributed by atoms with Gasteiger partial charge in [-0.15, -0.1) is 11.8 Å². The molecule has 42 valence electrons. The molecule has 0 aliphatic rings. The van der Waals surface area contributed by atoms with Gasteiger partial charge in [-0.25, -0.2) is 0 Å². The van der Waals surface area contributed by atoms with Gasteiger partial charge in [0.2, 0.25) is 6.41 Å². The average Bonchev–Trinajstić information content (AvgIpc) is 1.68. The van der Waals surface area contributed by atoms with Crippen molar-refractivity contribution in [1.82, 2.24) is 4.90 Å². The van der Waals surface area contributed by atoms with Crippen LogP contribution < -0.4 is 0 Å². The van der Waals surface area contributed by atoms with Crippen LogP contribution in [0.4, 0.5) is 0 Å². The number of carbonyl (C=O) groups excluding carboxylic acids is 1. The van der Waals surface area contributed by atoms with Crippen molar-refractivity contribution in [3.63, 3.8) is 0 Å². The minimum atomic E-state index is 0.781. The molecule has 0 bridgehead atoms. The fourth-order valence-corrected chi connectivity index (χ4v) is 0.702. The first-order valence-corrected chi connectivity index (χ1v) is 3.35. The van der Waals surface area contributed by atoms with Crippen LogP contribution in [0.3, 0.4) is 0 Å². The molecular formula is C4H9NOS. The molecule has 0 radical (unpaired) electrons. The summed E-state index contributed by atoms with van der Waals surface area (Å²) in [5, 5.41) is 0. The van der Waals surface area contributed by atoms with Crippen molar-refractivity contribution in [2.45, 2.75) is 0 Å². The minimum Gasteiger partial charge on any atom is -0.339 e. The third-order valence-electron chi connectivity index (χ3n) is 0.513. The molecule has 0 aromatic carbocycles. The number of nitrogens with zero attached hydrogens (tertiary/aromatic N) is 1. The fourth-order valence-electron chi connectivity index (χ4n) is 0.234. The van der Waals surface area contributed by atoms with Crippen LogP contribution in [-0.2, 0) is 4.79 Å². The summed E-state index contributed by atoms with van der Waals surface area (Å²) in [7, 11) is 1.75. The molecule has 0 saturated heterocycles. The van der Waals surface area contributed by atoms with E-state index in [1.807, 2.05) is 6.26 Å². The van der Waals surface area contributed by atoms with Crippen LogP contribution in [0.1, 0.15) is 0 Å². The SMILES string of the molecule is CSCN(C)C=O. The fraction of sp³-hybridized carbons (Fsp3) is 0.750. The first-order valence-electron chi connectivity index (χ1n) is 1.95. The van der Waals surface area contributed by atoms with E-state index in [1.165, 1.54) is 0 Å². The van der Waals surface area contributed by atoms with Crippen molar-refractivity contribution in [3.8, 4) is 0 Å². The van der Waals surface area contributed by atoms with Crippen molar-refractivity contribution in [2.75, 3.05) is 19.2 Å². The van der Waals surface area contributed by atoms with Crippen LogP contribution in [-0.4, -0.2) is 30.5 Å². The summed E-state index contributed by atoms with van der Waals surface area (Å²) in [6.07, 6.45) is 2.77. The highest BCUT2D eigenvalue weighted by Gasteiger charge is 1.85. The molecule has 1 amide bonds. The summed E-state index contributed by atoms with van der Waals surface area (Å²) in [5.41, 5.74) is 0. The zero-order valence-electron chi connectivity index (χ0n) is 4.55. The Morgan fingerprint density at radius 2 is 2.43 bits per heavy atom. The lowest BCUT2D eigenvalue weighted by atomic mass is 11.0. The molecule has 2 nitrogen and oxygen atoms in total. The molecule has 0 aromatic heterocycles. The van der Waals surface area contributed by atoms with Gasteiger partial charge >= 0.3 is 0 Å². The van der Waals surface area contributed by atoms with Gasteiger partial charge < -0.3 is 4.90 Å². The third kappa shape index (κ3) is 3.66. The smallest absolute Gasteiger partial charge is 0.210 e.